The highest BCUT2D eigenvalue weighted by atomic mass is 79.9. The molecule has 1 aromatic rings. The van der Waals surface area contributed by atoms with Gasteiger partial charge in [0.05, 0.1) is 22.5 Å². The van der Waals surface area contributed by atoms with Crippen LogP contribution in [0.15, 0.2) is 16.6 Å². The molecule has 0 aliphatic heterocycles. The molecule has 0 saturated carbocycles. The first-order chi connectivity index (χ1) is 7.97. The van der Waals surface area contributed by atoms with E-state index in [0.717, 1.165) is 12.2 Å². The molecule has 96 valence electrons. The van der Waals surface area contributed by atoms with Gasteiger partial charge in [0.25, 0.3) is 0 Å². The van der Waals surface area contributed by atoms with Crippen LogP contribution in [0.4, 0.5) is 15.8 Å². The SMILES string of the molecule is COCCN(c1cc(Br)c(F)cc1N)C(C)C. The van der Waals surface area contributed by atoms with Crippen LogP contribution in [-0.4, -0.2) is 26.3 Å². The smallest absolute Gasteiger partial charge is 0.139 e. The average Bonchev–Trinajstić information content (AvgIpc) is 2.25. The molecule has 0 aliphatic rings. The number of ether oxygens (including phenoxy) is 1. The van der Waals surface area contributed by atoms with Crippen molar-refractivity contribution in [3.05, 3.63) is 22.4 Å². The number of methoxy groups -OCH3 is 1. The zero-order chi connectivity index (χ0) is 13.0. The van der Waals surface area contributed by atoms with Gasteiger partial charge in [-0.25, -0.2) is 4.39 Å². The summed E-state index contributed by atoms with van der Waals surface area (Å²) in [6, 6.07) is 3.31. The molecule has 1 aromatic carbocycles. The van der Waals surface area contributed by atoms with Gasteiger partial charge < -0.3 is 15.4 Å². The van der Waals surface area contributed by atoms with Crippen LogP contribution in [0.3, 0.4) is 0 Å². The van der Waals surface area contributed by atoms with Crippen LogP contribution in [0.2, 0.25) is 0 Å². The second-order valence-corrected chi connectivity index (χ2v) is 4.96. The van der Waals surface area contributed by atoms with E-state index in [4.69, 9.17) is 10.5 Å². The summed E-state index contributed by atoms with van der Waals surface area (Å²) >= 11 is 3.18. The molecule has 0 radical (unpaired) electrons. The molecule has 0 unspecified atom stereocenters. The Kier molecular flexibility index (Phi) is 5.21. The summed E-state index contributed by atoms with van der Waals surface area (Å²) in [6.07, 6.45) is 0. The third-order valence-electron chi connectivity index (χ3n) is 2.54. The number of rotatable bonds is 5. The second kappa shape index (κ2) is 6.21. The molecule has 0 saturated heterocycles. The summed E-state index contributed by atoms with van der Waals surface area (Å²) < 4.78 is 18.8. The quantitative estimate of drug-likeness (QED) is 0.850. The first-order valence-corrected chi connectivity index (χ1v) is 6.26. The molecule has 5 heteroatoms. The van der Waals surface area contributed by atoms with E-state index in [-0.39, 0.29) is 11.9 Å². The molecule has 0 spiro atoms. The van der Waals surface area contributed by atoms with Crippen LogP contribution in [0.1, 0.15) is 13.8 Å². The van der Waals surface area contributed by atoms with Crippen LogP contribution >= 0.6 is 15.9 Å². The van der Waals surface area contributed by atoms with E-state index in [1.54, 1.807) is 13.2 Å². The normalized spacial score (nSPS) is 10.9. The minimum absolute atomic E-state index is 0.268. The zero-order valence-electron chi connectivity index (χ0n) is 10.3. The maximum Gasteiger partial charge on any atom is 0.139 e. The van der Waals surface area contributed by atoms with Crippen molar-refractivity contribution in [2.75, 3.05) is 30.9 Å². The third-order valence-corrected chi connectivity index (χ3v) is 3.15. The van der Waals surface area contributed by atoms with Gasteiger partial charge in [0.15, 0.2) is 0 Å². The van der Waals surface area contributed by atoms with Gasteiger partial charge >= 0.3 is 0 Å². The molecule has 0 amide bonds. The summed E-state index contributed by atoms with van der Waals surface area (Å²) in [6.45, 7) is 5.45. The predicted octanol–water partition coefficient (Wildman–Crippen LogP) is 3.03. The topological polar surface area (TPSA) is 38.5 Å². The van der Waals surface area contributed by atoms with Crippen molar-refractivity contribution in [2.24, 2.45) is 0 Å². The summed E-state index contributed by atoms with van der Waals surface area (Å²) in [7, 11) is 1.66. The van der Waals surface area contributed by atoms with Crippen LogP contribution in [0.5, 0.6) is 0 Å². The molecule has 0 aliphatic carbocycles. The van der Waals surface area contributed by atoms with Crippen molar-refractivity contribution in [1.29, 1.82) is 0 Å². The molecule has 0 heterocycles. The second-order valence-electron chi connectivity index (χ2n) is 4.11. The van der Waals surface area contributed by atoms with Crippen LogP contribution < -0.4 is 10.6 Å². The van der Waals surface area contributed by atoms with Crippen molar-refractivity contribution in [1.82, 2.24) is 0 Å². The Morgan fingerprint density at radius 3 is 2.65 bits per heavy atom. The minimum atomic E-state index is -0.346. The predicted molar refractivity (Wildman–Crippen MR) is 72.9 cm³/mol. The number of nitrogen functional groups attached to an aromatic ring is 1. The average molecular weight is 305 g/mol. The van der Waals surface area contributed by atoms with Crippen LogP contribution in [-0.2, 0) is 4.74 Å². The van der Waals surface area contributed by atoms with Crippen molar-refractivity contribution in [2.45, 2.75) is 19.9 Å². The van der Waals surface area contributed by atoms with Gasteiger partial charge in [-0.2, -0.15) is 0 Å². The fourth-order valence-electron chi connectivity index (χ4n) is 1.65. The van der Waals surface area contributed by atoms with Crippen molar-refractivity contribution >= 4 is 27.3 Å². The molecule has 0 atom stereocenters. The van der Waals surface area contributed by atoms with Gasteiger partial charge in [-0.1, -0.05) is 0 Å². The molecule has 0 fully saturated rings. The van der Waals surface area contributed by atoms with Crippen molar-refractivity contribution in [3.63, 3.8) is 0 Å². The van der Waals surface area contributed by atoms with Crippen molar-refractivity contribution < 1.29 is 9.13 Å². The lowest BCUT2D eigenvalue weighted by Crippen LogP contribution is -2.34. The lowest BCUT2D eigenvalue weighted by atomic mass is 10.2. The maximum absolute atomic E-state index is 13.3. The number of hydrogen-bond donors (Lipinski definition) is 1. The van der Waals surface area contributed by atoms with E-state index in [1.807, 2.05) is 0 Å². The van der Waals surface area contributed by atoms with E-state index < -0.39 is 0 Å². The molecule has 17 heavy (non-hydrogen) atoms. The Hall–Kier alpha value is -0.810. The van der Waals surface area contributed by atoms with Crippen LogP contribution in [0.25, 0.3) is 0 Å². The fraction of sp³-hybridized carbons (Fsp3) is 0.500. The Bertz CT molecular complexity index is 385. The highest BCUT2D eigenvalue weighted by Gasteiger charge is 2.15. The van der Waals surface area contributed by atoms with E-state index in [1.165, 1.54) is 6.07 Å². The Morgan fingerprint density at radius 1 is 1.47 bits per heavy atom. The summed E-state index contributed by atoms with van der Waals surface area (Å²) in [5, 5.41) is 0. The molecular formula is C12H18BrFN2O. The number of nitrogens with zero attached hydrogens (tertiary/aromatic N) is 1. The fourth-order valence-corrected chi connectivity index (χ4v) is 1.98. The molecule has 0 bridgehead atoms. The van der Waals surface area contributed by atoms with Gasteiger partial charge in [-0.15, -0.1) is 0 Å². The van der Waals surface area contributed by atoms with Gasteiger partial charge in [-0.05, 0) is 35.8 Å². The molecule has 2 N–H and O–H groups in total. The number of hydrogen-bond acceptors (Lipinski definition) is 3. The monoisotopic (exact) mass is 304 g/mol. The van der Waals surface area contributed by atoms with E-state index in [2.05, 4.69) is 34.7 Å². The number of benzene rings is 1. The lowest BCUT2D eigenvalue weighted by Gasteiger charge is -2.30. The first kappa shape index (κ1) is 14.3. The van der Waals surface area contributed by atoms with Gasteiger partial charge in [0, 0.05) is 25.8 Å². The molecular weight excluding hydrogens is 287 g/mol. The Morgan fingerprint density at radius 2 is 2.12 bits per heavy atom. The third kappa shape index (κ3) is 3.57. The zero-order valence-corrected chi connectivity index (χ0v) is 11.9. The largest absolute Gasteiger partial charge is 0.397 e. The summed E-state index contributed by atoms with van der Waals surface area (Å²) in [5.74, 6) is -0.346. The molecule has 0 aromatic heterocycles. The van der Waals surface area contributed by atoms with Crippen molar-refractivity contribution in [3.8, 4) is 0 Å². The van der Waals surface area contributed by atoms with Crippen LogP contribution in [0, 0.1) is 5.82 Å². The standard InChI is InChI=1S/C12H18BrFN2O/c1-8(2)16(4-5-17-3)12-6-9(13)10(14)7-11(12)15/h6-8H,4-5,15H2,1-3H3. The van der Waals surface area contributed by atoms with Gasteiger partial charge in [0.1, 0.15) is 5.82 Å². The first-order valence-electron chi connectivity index (χ1n) is 5.47. The highest BCUT2D eigenvalue weighted by Crippen LogP contribution is 2.30. The van der Waals surface area contributed by atoms with Gasteiger partial charge in [0.2, 0.25) is 0 Å². The highest BCUT2D eigenvalue weighted by molar-refractivity contribution is 9.10. The van der Waals surface area contributed by atoms with Gasteiger partial charge in [-0.3, -0.25) is 0 Å². The summed E-state index contributed by atoms with van der Waals surface area (Å²) in [4.78, 5) is 2.09. The van der Waals surface area contributed by atoms with E-state index >= 15 is 0 Å². The minimum Gasteiger partial charge on any atom is -0.397 e. The maximum atomic E-state index is 13.3. The molecule has 3 nitrogen and oxygen atoms in total. The Balaban J connectivity index is 3.05. The molecule has 1 rings (SSSR count). The number of halogens is 2. The van der Waals surface area contributed by atoms with E-state index in [9.17, 15) is 4.39 Å². The summed E-state index contributed by atoms with van der Waals surface area (Å²) in [5.41, 5.74) is 7.12. The van der Waals surface area contributed by atoms with E-state index in [0.29, 0.717) is 16.8 Å². The lowest BCUT2D eigenvalue weighted by molar-refractivity contribution is 0.204. The number of anilines is 2. The Labute approximate surface area is 110 Å². The number of nitrogens with two attached hydrogens (primary N) is 1.